The van der Waals surface area contributed by atoms with Crippen LogP contribution in [0, 0.1) is 5.82 Å². The van der Waals surface area contributed by atoms with Crippen LogP contribution in [0.25, 0.3) is 0 Å². The highest BCUT2D eigenvalue weighted by atomic mass is 35.5. The molecule has 1 aromatic rings. The van der Waals surface area contributed by atoms with Gasteiger partial charge in [0, 0.05) is 5.02 Å². The van der Waals surface area contributed by atoms with Crippen molar-refractivity contribution >= 4 is 17.6 Å². The fraction of sp³-hybridized carbons (Fsp3) is 0.222. The lowest BCUT2D eigenvalue weighted by molar-refractivity contribution is -0.138. The van der Waals surface area contributed by atoms with Crippen LogP contribution in [-0.2, 0) is 11.2 Å². The Kier molecular flexibility index (Phi) is 3.43. The van der Waals surface area contributed by atoms with Gasteiger partial charge in [-0.2, -0.15) is 0 Å². The zero-order valence-electron chi connectivity index (χ0n) is 7.21. The summed E-state index contributed by atoms with van der Waals surface area (Å²) >= 11 is 5.58. The third-order valence-corrected chi connectivity index (χ3v) is 1.91. The molecular formula is C9H9ClFNO2. The van der Waals surface area contributed by atoms with Crippen molar-refractivity contribution in [3.8, 4) is 0 Å². The van der Waals surface area contributed by atoms with Gasteiger partial charge in [0.1, 0.15) is 11.9 Å². The van der Waals surface area contributed by atoms with Crippen LogP contribution in [-0.4, -0.2) is 17.1 Å². The minimum Gasteiger partial charge on any atom is -0.480 e. The molecule has 5 heteroatoms. The molecule has 3 N–H and O–H groups in total. The van der Waals surface area contributed by atoms with Crippen molar-refractivity contribution in [1.82, 2.24) is 0 Å². The second-order valence-electron chi connectivity index (χ2n) is 2.93. The van der Waals surface area contributed by atoms with Gasteiger partial charge in [0.2, 0.25) is 0 Å². The summed E-state index contributed by atoms with van der Waals surface area (Å²) in [6, 6.07) is 2.83. The summed E-state index contributed by atoms with van der Waals surface area (Å²) in [5.74, 6) is -1.62. The molecule has 0 aliphatic heterocycles. The topological polar surface area (TPSA) is 63.3 Å². The number of halogens is 2. The van der Waals surface area contributed by atoms with Crippen LogP contribution in [0.15, 0.2) is 18.2 Å². The third-order valence-electron chi connectivity index (χ3n) is 1.70. The molecule has 1 rings (SSSR count). The summed E-state index contributed by atoms with van der Waals surface area (Å²) in [5.41, 5.74) is 5.76. The summed E-state index contributed by atoms with van der Waals surface area (Å²) in [4.78, 5) is 10.4. The molecule has 0 saturated heterocycles. The van der Waals surface area contributed by atoms with Gasteiger partial charge in [0.15, 0.2) is 0 Å². The number of rotatable bonds is 3. The van der Waals surface area contributed by atoms with Crippen LogP contribution in [0.5, 0.6) is 0 Å². The number of hydrogen-bond donors (Lipinski definition) is 2. The van der Waals surface area contributed by atoms with Crippen LogP contribution in [0.2, 0.25) is 5.02 Å². The van der Waals surface area contributed by atoms with Crippen molar-refractivity contribution in [2.24, 2.45) is 5.73 Å². The Hall–Kier alpha value is -1.13. The fourth-order valence-electron chi connectivity index (χ4n) is 1.07. The number of carboxylic acids is 1. The maximum atomic E-state index is 12.8. The number of carbonyl (C=O) groups is 1. The lowest BCUT2D eigenvalue weighted by atomic mass is 10.1. The molecule has 0 saturated carbocycles. The summed E-state index contributed by atoms with van der Waals surface area (Å²) in [5, 5.41) is 8.76. The highest BCUT2D eigenvalue weighted by Gasteiger charge is 2.12. The largest absolute Gasteiger partial charge is 0.480 e. The summed E-state index contributed by atoms with van der Waals surface area (Å²) in [7, 11) is 0. The van der Waals surface area contributed by atoms with E-state index in [1.165, 1.54) is 12.1 Å². The first kappa shape index (κ1) is 10.9. The highest BCUT2D eigenvalue weighted by Crippen LogP contribution is 2.15. The molecule has 76 valence electrons. The second-order valence-corrected chi connectivity index (χ2v) is 3.36. The Morgan fingerprint density at radius 2 is 2.21 bits per heavy atom. The van der Waals surface area contributed by atoms with E-state index in [4.69, 9.17) is 22.4 Å². The van der Waals surface area contributed by atoms with Crippen molar-refractivity contribution < 1.29 is 14.3 Å². The summed E-state index contributed by atoms with van der Waals surface area (Å²) in [6.45, 7) is 0. The number of hydrogen-bond acceptors (Lipinski definition) is 2. The molecule has 1 aromatic carbocycles. The SMILES string of the molecule is NC(Cc1cc(F)cc(Cl)c1)C(=O)O. The van der Waals surface area contributed by atoms with Crippen LogP contribution in [0.1, 0.15) is 5.56 Å². The third kappa shape index (κ3) is 2.97. The van der Waals surface area contributed by atoms with Gasteiger partial charge in [0.25, 0.3) is 0 Å². The Labute approximate surface area is 85.3 Å². The number of nitrogens with two attached hydrogens (primary N) is 1. The van der Waals surface area contributed by atoms with E-state index in [1.54, 1.807) is 0 Å². The molecule has 0 bridgehead atoms. The predicted molar refractivity (Wildman–Crippen MR) is 50.7 cm³/mol. The Balaban J connectivity index is 2.81. The van der Waals surface area contributed by atoms with Crippen LogP contribution in [0.4, 0.5) is 4.39 Å². The van der Waals surface area contributed by atoms with E-state index in [2.05, 4.69) is 0 Å². The van der Waals surface area contributed by atoms with E-state index in [9.17, 15) is 9.18 Å². The van der Waals surface area contributed by atoms with Crippen molar-refractivity contribution in [3.05, 3.63) is 34.6 Å². The molecule has 0 heterocycles. The zero-order chi connectivity index (χ0) is 10.7. The van der Waals surface area contributed by atoms with E-state index in [0.717, 1.165) is 6.07 Å². The minimum atomic E-state index is -1.12. The predicted octanol–water partition coefficient (Wildman–Crippen LogP) is 1.43. The molecule has 0 radical (unpaired) electrons. The molecule has 14 heavy (non-hydrogen) atoms. The molecule has 3 nitrogen and oxygen atoms in total. The van der Waals surface area contributed by atoms with Gasteiger partial charge in [-0.1, -0.05) is 11.6 Å². The minimum absolute atomic E-state index is 0.0623. The first-order valence-electron chi connectivity index (χ1n) is 3.92. The Bertz CT molecular complexity index is 336. The quantitative estimate of drug-likeness (QED) is 0.805. The summed E-state index contributed by atoms with van der Waals surface area (Å²) in [6.07, 6.45) is 0.0623. The zero-order valence-corrected chi connectivity index (χ0v) is 7.96. The van der Waals surface area contributed by atoms with Gasteiger partial charge < -0.3 is 10.8 Å². The molecule has 0 aliphatic carbocycles. The first-order valence-corrected chi connectivity index (χ1v) is 4.30. The van der Waals surface area contributed by atoms with Gasteiger partial charge in [-0.05, 0) is 30.2 Å². The lowest BCUT2D eigenvalue weighted by Gasteiger charge is -2.06. The molecule has 0 aromatic heterocycles. The standard InChI is InChI=1S/C9H9ClFNO2/c10-6-1-5(2-7(11)4-6)3-8(12)9(13)14/h1-2,4,8H,3,12H2,(H,13,14). The van der Waals surface area contributed by atoms with Crippen molar-refractivity contribution in [3.63, 3.8) is 0 Å². The number of carboxylic acid groups (broad SMARTS) is 1. The molecule has 1 atom stereocenters. The number of aliphatic carboxylic acids is 1. The van der Waals surface area contributed by atoms with E-state index in [0.29, 0.717) is 5.56 Å². The second kappa shape index (κ2) is 4.39. The van der Waals surface area contributed by atoms with Crippen LogP contribution < -0.4 is 5.73 Å². The maximum absolute atomic E-state index is 12.8. The molecule has 0 fully saturated rings. The van der Waals surface area contributed by atoms with E-state index in [1.807, 2.05) is 0 Å². The van der Waals surface area contributed by atoms with Gasteiger partial charge in [-0.25, -0.2) is 4.39 Å². The Morgan fingerprint density at radius 1 is 1.57 bits per heavy atom. The first-order chi connectivity index (χ1) is 6.49. The average molecular weight is 218 g/mol. The van der Waals surface area contributed by atoms with Gasteiger partial charge in [-0.15, -0.1) is 0 Å². The monoisotopic (exact) mass is 217 g/mol. The smallest absolute Gasteiger partial charge is 0.320 e. The summed E-state index contributed by atoms with van der Waals surface area (Å²) < 4.78 is 12.8. The van der Waals surface area contributed by atoms with Gasteiger partial charge in [-0.3, -0.25) is 4.79 Å². The average Bonchev–Trinajstić information content (AvgIpc) is 2.01. The van der Waals surface area contributed by atoms with Crippen molar-refractivity contribution in [2.75, 3.05) is 0 Å². The van der Waals surface area contributed by atoms with Crippen LogP contribution in [0.3, 0.4) is 0 Å². The lowest BCUT2D eigenvalue weighted by Crippen LogP contribution is -2.32. The van der Waals surface area contributed by atoms with Crippen molar-refractivity contribution in [2.45, 2.75) is 12.5 Å². The van der Waals surface area contributed by atoms with Gasteiger partial charge >= 0.3 is 5.97 Å². The Morgan fingerprint density at radius 3 is 2.71 bits per heavy atom. The normalized spacial score (nSPS) is 12.5. The van der Waals surface area contributed by atoms with E-state index in [-0.39, 0.29) is 11.4 Å². The highest BCUT2D eigenvalue weighted by molar-refractivity contribution is 6.30. The fourth-order valence-corrected chi connectivity index (χ4v) is 1.31. The molecular weight excluding hydrogens is 209 g/mol. The van der Waals surface area contributed by atoms with Crippen LogP contribution >= 0.6 is 11.6 Å². The molecule has 0 aliphatic rings. The van der Waals surface area contributed by atoms with E-state index < -0.39 is 17.8 Å². The van der Waals surface area contributed by atoms with Crippen molar-refractivity contribution in [1.29, 1.82) is 0 Å². The molecule has 0 amide bonds. The van der Waals surface area contributed by atoms with E-state index >= 15 is 0 Å². The molecule has 0 spiro atoms. The molecule has 1 unspecified atom stereocenters. The maximum Gasteiger partial charge on any atom is 0.320 e. The van der Waals surface area contributed by atoms with Gasteiger partial charge in [0.05, 0.1) is 0 Å². The number of benzene rings is 1.